The van der Waals surface area contributed by atoms with Gasteiger partial charge in [0.25, 0.3) is 0 Å². The standard InChI is InChI=1S/C23H37N5O3/c1-19(29)27-20-7-6-8-21(17-20)31-14-11-25-22(24-2)26-18-23(9-4-3-5-10-23)28-12-15-30-16-13-28/h6-8,17H,3-5,9-16,18H2,1-2H3,(H,27,29)(H2,24,25,26). The van der Waals surface area contributed by atoms with E-state index in [1.165, 1.54) is 39.0 Å². The maximum atomic E-state index is 11.2. The van der Waals surface area contributed by atoms with Crippen LogP contribution < -0.4 is 20.7 Å². The quantitative estimate of drug-likeness (QED) is 0.332. The molecule has 3 rings (SSSR count). The van der Waals surface area contributed by atoms with Gasteiger partial charge < -0.3 is 25.4 Å². The minimum atomic E-state index is -0.0958. The Kier molecular flexibility index (Phi) is 8.97. The summed E-state index contributed by atoms with van der Waals surface area (Å²) >= 11 is 0. The molecule has 1 saturated carbocycles. The molecular weight excluding hydrogens is 394 g/mol. The van der Waals surface area contributed by atoms with Gasteiger partial charge >= 0.3 is 0 Å². The average molecular weight is 432 g/mol. The first-order valence-electron chi connectivity index (χ1n) is 11.4. The van der Waals surface area contributed by atoms with Gasteiger partial charge in [-0.05, 0) is 25.0 Å². The predicted octanol–water partition coefficient (Wildman–Crippen LogP) is 2.22. The number of benzene rings is 1. The Morgan fingerprint density at radius 3 is 2.68 bits per heavy atom. The van der Waals surface area contributed by atoms with Crippen molar-refractivity contribution in [2.24, 2.45) is 4.99 Å². The van der Waals surface area contributed by atoms with Crippen molar-refractivity contribution in [1.82, 2.24) is 15.5 Å². The van der Waals surface area contributed by atoms with E-state index in [2.05, 4.69) is 25.8 Å². The van der Waals surface area contributed by atoms with E-state index in [-0.39, 0.29) is 11.4 Å². The molecule has 172 valence electrons. The summed E-state index contributed by atoms with van der Waals surface area (Å²) in [6.45, 7) is 7.20. The molecule has 0 radical (unpaired) electrons. The number of rotatable bonds is 8. The molecule has 2 aliphatic rings. The maximum absolute atomic E-state index is 11.2. The third-order valence-electron chi connectivity index (χ3n) is 6.09. The Morgan fingerprint density at radius 2 is 1.97 bits per heavy atom. The summed E-state index contributed by atoms with van der Waals surface area (Å²) in [4.78, 5) is 18.2. The molecule has 0 spiro atoms. The lowest BCUT2D eigenvalue weighted by Crippen LogP contribution is -2.60. The number of ether oxygens (including phenoxy) is 2. The van der Waals surface area contributed by atoms with Crippen LogP contribution in [0.25, 0.3) is 0 Å². The van der Waals surface area contributed by atoms with E-state index in [9.17, 15) is 4.79 Å². The van der Waals surface area contributed by atoms with E-state index < -0.39 is 0 Å². The molecule has 8 nitrogen and oxygen atoms in total. The average Bonchev–Trinajstić information content (AvgIpc) is 2.79. The van der Waals surface area contributed by atoms with E-state index in [0.29, 0.717) is 13.2 Å². The van der Waals surface area contributed by atoms with E-state index >= 15 is 0 Å². The van der Waals surface area contributed by atoms with Gasteiger partial charge in [-0.25, -0.2) is 0 Å². The van der Waals surface area contributed by atoms with Crippen molar-refractivity contribution in [2.75, 3.05) is 58.4 Å². The predicted molar refractivity (Wildman–Crippen MR) is 124 cm³/mol. The normalized spacial score (nSPS) is 19.5. The summed E-state index contributed by atoms with van der Waals surface area (Å²) in [5.74, 6) is 1.43. The van der Waals surface area contributed by atoms with Gasteiger partial charge in [-0.1, -0.05) is 25.3 Å². The summed E-state index contributed by atoms with van der Waals surface area (Å²) in [5, 5.41) is 9.67. The van der Waals surface area contributed by atoms with Crippen LogP contribution in [-0.4, -0.2) is 75.4 Å². The molecule has 31 heavy (non-hydrogen) atoms. The van der Waals surface area contributed by atoms with Gasteiger partial charge in [0.2, 0.25) is 5.91 Å². The lowest BCUT2D eigenvalue weighted by molar-refractivity contribution is -0.114. The van der Waals surface area contributed by atoms with Crippen molar-refractivity contribution in [2.45, 2.75) is 44.6 Å². The van der Waals surface area contributed by atoms with Crippen molar-refractivity contribution < 1.29 is 14.3 Å². The number of morpholine rings is 1. The summed E-state index contributed by atoms with van der Waals surface area (Å²) in [6.07, 6.45) is 6.36. The number of carbonyl (C=O) groups is 1. The van der Waals surface area contributed by atoms with Crippen LogP contribution in [0.3, 0.4) is 0 Å². The highest BCUT2D eigenvalue weighted by Gasteiger charge is 2.38. The number of nitrogens with one attached hydrogen (secondary N) is 3. The van der Waals surface area contributed by atoms with Gasteiger partial charge in [0.1, 0.15) is 12.4 Å². The highest BCUT2D eigenvalue weighted by atomic mass is 16.5. The molecule has 0 atom stereocenters. The molecule has 0 aromatic heterocycles. The van der Waals surface area contributed by atoms with E-state index in [0.717, 1.165) is 50.2 Å². The molecule has 3 N–H and O–H groups in total. The van der Waals surface area contributed by atoms with Crippen molar-refractivity contribution in [1.29, 1.82) is 0 Å². The molecule has 1 amide bonds. The molecule has 0 unspecified atom stereocenters. The van der Waals surface area contributed by atoms with Gasteiger partial charge in [-0.3, -0.25) is 14.7 Å². The number of nitrogens with zero attached hydrogens (tertiary/aromatic N) is 2. The highest BCUT2D eigenvalue weighted by molar-refractivity contribution is 5.88. The number of amides is 1. The van der Waals surface area contributed by atoms with E-state index in [1.54, 1.807) is 7.05 Å². The zero-order chi connectivity index (χ0) is 21.9. The van der Waals surface area contributed by atoms with Crippen LogP contribution in [0.4, 0.5) is 5.69 Å². The SMILES string of the molecule is CN=C(NCCOc1cccc(NC(C)=O)c1)NCC1(N2CCOCC2)CCCCC1. The summed E-state index contributed by atoms with van der Waals surface area (Å²) in [5.41, 5.74) is 0.927. The molecule has 1 aromatic rings. The van der Waals surface area contributed by atoms with Gasteiger partial charge in [0.15, 0.2) is 5.96 Å². The molecule has 1 aliphatic carbocycles. The van der Waals surface area contributed by atoms with Crippen LogP contribution >= 0.6 is 0 Å². The molecule has 2 fully saturated rings. The Labute approximate surface area is 185 Å². The zero-order valence-electron chi connectivity index (χ0n) is 18.9. The maximum Gasteiger partial charge on any atom is 0.221 e. The Hall–Kier alpha value is -2.32. The van der Waals surface area contributed by atoms with Crippen LogP contribution in [0.2, 0.25) is 0 Å². The van der Waals surface area contributed by atoms with Crippen LogP contribution in [0.5, 0.6) is 5.75 Å². The number of aliphatic imine (C=N–C) groups is 1. The number of hydrogen-bond donors (Lipinski definition) is 3. The monoisotopic (exact) mass is 431 g/mol. The van der Waals surface area contributed by atoms with Crippen LogP contribution in [-0.2, 0) is 9.53 Å². The van der Waals surface area contributed by atoms with Crippen molar-refractivity contribution in [3.63, 3.8) is 0 Å². The Morgan fingerprint density at radius 1 is 1.19 bits per heavy atom. The second-order valence-electron chi connectivity index (χ2n) is 8.29. The zero-order valence-corrected chi connectivity index (χ0v) is 18.9. The molecule has 1 heterocycles. The Balaban J connectivity index is 1.45. The third kappa shape index (κ3) is 7.11. The first kappa shape index (κ1) is 23.3. The second-order valence-corrected chi connectivity index (χ2v) is 8.29. The second kappa shape index (κ2) is 11.9. The number of hydrogen-bond acceptors (Lipinski definition) is 5. The third-order valence-corrected chi connectivity index (χ3v) is 6.09. The topological polar surface area (TPSA) is 87.2 Å². The fourth-order valence-electron chi connectivity index (χ4n) is 4.53. The lowest BCUT2D eigenvalue weighted by Gasteiger charge is -2.48. The highest BCUT2D eigenvalue weighted by Crippen LogP contribution is 2.33. The minimum absolute atomic E-state index is 0.0958. The van der Waals surface area contributed by atoms with Crippen LogP contribution in [0.1, 0.15) is 39.0 Å². The molecule has 1 aliphatic heterocycles. The molecular formula is C23H37N5O3. The Bertz CT molecular complexity index is 728. The summed E-state index contributed by atoms with van der Waals surface area (Å²) in [6, 6.07) is 7.41. The number of anilines is 1. The minimum Gasteiger partial charge on any atom is -0.492 e. The first-order valence-corrected chi connectivity index (χ1v) is 11.4. The number of guanidine groups is 1. The molecule has 0 bridgehead atoms. The largest absolute Gasteiger partial charge is 0.492 e. The van der Waals surface area contributed by atoms with Crippen molar-refractivity contribution in [3.05, 3.63) is 24.3 Å². The van der Waals surface area contributed by atoms with Gasteiger partial charge in [-0.15, -0.1) is 0 Å². The fourth-order valence-corrected chi connectivity index (χ4v) is 4.53. The summed E-state index contributed by atoms with van der Waals surface area (Å²) < 4.78 is 11.4. The molecule has 1 saturated heterocycles. The van der Waals surface area contributed by atoms with Crippen LogP contribution in [0, 0.1) is 0 Å². The van der Waals surface area contributed by atoms with E-state index in [1.807, 2.05) is 24.3 Å². The van der Waals surface area contributed by atoms with Crippen molar-refractivity contribution in [3.8, 4) is 5.75 Å². The van der Waals surface area contributed by atoms with Gasteiger partial charge in [-0.2, -0.15) is 0 Å². The first-order chi connectivity index (χ1) is 15.1. The number of carbonyl (C=O) groups excluding carboxylic acids is 1. The molecule has 8 heteroatoms. The smallest absolute Gasteiger partial charge is 0.221 e. The van der Waals surface area contributed by atoms with Crippen molar-refractivity contribution >= 4 is 17.6 Å². The van der Waals surface area contributed by atoms with Crippen LogP contribution in [0.15, 0.2) is 29.3 Å². The van der Waals surface area contributed by atoms with Gasteiger partial charge in [0, 0.05) is 50.9 Å². The lowest BCUT2D eigenvalue weighted by atomic mass is 9.80. The van der Waals surface area contributed by atoms with Gasteiger partial charge in [0.05, 0.1) is 19.8 Å². The molecule has 1 aromatic carbocycles. The summed E-state index contributed by atoms with van der Waals surface area (Å²) in [7, 11) is 1.80. The fraction of sp³-hybridized carbons (Fsp3) is 0.652. The van der Waals surface area contributed by atoms with E-state index in [4.69, 9.17) is 9.47 Å².